The zero-order valence-electron chi connectivity index (χ0n) is 17.3. The lowest BCUT2D eigenvalue weighted by molar-refractivity contribution is 0.415. The average Bonchev–Trinajstić information content (AvgIpc) is 3.43. The number of aryl methyl sites for hydroxylation is 1. The SMILES string of the molecule is COc1ccc(-c2c3c(nc4sc5c(=O)n(-c6ccc(Cl)cc6)cnc5c24)CCC3)cc1. The minimum absolute atomic E-state index is 0.0961. The monoisotopic (exact) mass is 459 g/mol. The quantitative estimate of drug-likeness (QED) is 0.341. The highest BCUT2D eigenvalue weighted by Crippen LogP contribution is 2.42. The van der Waals surface area contributed by atoms with Crippen molar-refractivity contribution in [2.75, 3.05) is 7.11 Å². The number of benzene rings is 2. The zero-order valence-corrected chi connectivity index (χ0v) is 18.8. The molecule has 0 N–H and O–H groups in total. The summed E-state index contributed by atoms with van der Waals surface area (Å²) >= 11 is 7.44. The molecule has 0 saturated carbocycles. The van der Waals surface area contributed by atoms with Gasteiger partial charge in [0, 0.05) is 16.1 Å². The summed E-state index contributed by atoms with van der Waals surface area (Å²) in [4.78, 5) is 24.0. The van der Waals surface area contributed by atoms with Gasteiger partial charge < -0.3 is 4.74 Å². The first-order valence-electron chi connectivity index (χ1n) is 10.4. The van der Waals surface area contributed by atoms with E-state index in [0.29, 0.717) is 15.2 Å². The summed E-state index contributed by atoms with van der Waals surface area (Å²) < 4.78 is 7.52. The molecule has 0 fully saturated rings. The van der Waals surface area contributed by atoms with Gasteiger partial charge >= 0.3 is 0 Å². The van der Waals surface area contributed by atoms with Crippen LogP contribution in [-0.2, 0) is 12.8 Å². The predicted octanol–water partition coefficient (Wildman–Crippen LogP) is 5.81. The molecule has 0 bridgehead atoms. The van der Waals surface area contributed by atoms with E-state index in [-0.39, 0.29) is 5.56 Å². The molecule has 158 valence electrons. The first-order chi connectivity index (χ1) is 15.6. The van der Waals surface area contributed by atoms with E-state index in [1.807, 2.05) is 24.3 Å². The van der Waals surface area contributed by atoms with Gasteiger partial charge in [0.05, 0.1) is 18.3 Å². The molecule has 5 aromatic rings. The van der Waals surface area contributed by atoms with E-state index in [4.69, 9.17) is 26.3 Å². The number of hydrogen-bond acceptors (Lipinski definition) is 5. The van der Waals surface area contributed by atoms with Crippen LogP contribution in [0.25, 0.3) is 37.2 Å². The molecule has 7 heteroatoms. The number of pyridine rings is 1. The average molecular weight is 460 g/mol. The number of methoxy groups -OCH3 is 1. The smallest absolute Gasteiger partial charge is 0.275 e. The normalized spacial score (nSPS) is 13.1. The Morgan fingerprint density at radius 1 is 1.06 bits per heavy atom. The Bertz CT molecular complexity index is 1550. The van der Waals surface area contributed by atoms with Crippen molar-refractivity contribution < 1.29 is 4.74 Å². The molecule has 0 amide bonds. The molecule has 1 aliphatic carbocycles. The molecule has 32 heavy (non-hydrogen) atoms. The number of hydrogen-bond donors (Lipinski definition) is 0. The van der Waals surface area contributed by atoms with Crippen LogP contribution < -0.4 is 10.3 Å². The minimum atomic E-state index is -0.0961. The van der Waals surface area contributed by atoms with E-state index >= 15 is 0 Å². The van der Waals surface area contributed by atoms with Crippen LogP contribution in [0, 0.1) is 0 Å². The number of rotatable bonds is 3. The fourth-order valence-electron chi connectivity index (χ4n) is 4.52. The minimum Gasteiger partial charge on any atom is -0.497 e. The highest BCUT2D eigenvalue weighted by atomic mass is 35.5. The molecule has 5 nitrogen and oxygen atoms in total. The fourth-order valence-corrected chi connectivity index (χ4v) is 5.73. The molecular formula is C25H18ClN3O2S. The number of ether oxygens (including phenoxy) is 1. The maximum atomic E-state index is 13.4. The van der Waals surface area contributed by atoms with Gasteiger partial charge in [-0.15, -0.1) is 11.3 Å². The first-order valence-corrected chi connectivity index (χ1v) is 11.6. The molecule has 2 aromatic carbocycles. The lowest BCUT2D eigenvalue weighted by atomic mass is 9.96. The van der Waals surface area contributed by atoms with Crippen LogP contribution in [0.3, 0.4) is 0 Å². The second-order valence-corrected chi connectivity index (χ2v) is 9.29. The van der Waals surface area contributed by atoms with Crippen molar-refractivity contribution in [3.63, 3.8) is 0 Å². The largest absolute Gasteiger partial charge is 0.497 e. The molecule has 3 aromatic heterocycles. The van der Waals surface area contributed by atoms with Gasteiger partial charge in [-0.25, -0.2) is 9.97 Å². The van der Waals surface area contributed by atoms with Gasteiger partial charge in [0.2, 0.25) is 0 Å². The van der Waals surface area contributed by atoms with Crippen molar-refractivity contribution >= 4 is 43.4 Å². The molecule has 0 atom stereocenters. The van der Waals surface area contributed by atoms with Crippen LogP contribution in [0.5, 0.6) is 5.75 Å². The summed E-state index contributed by atoms with van der Waals surface area (Å²) in [6.07, 6.45) is 4.65. The summed E-state index contributed by atoms with van der Waals surface area (Å²) in [6.45, 7) is 0. The standard InChI is InChI=1S/C25H18ClN3O2S/c1-31-17-11-5-14(6-12-17)20-18-3-2-4-19(18)28-24-21(20)22-23(32-24)25(30)29(13-27-22)16-9-7-15(26)8-10-16/h5-13H,2-4H2,1H3. The van der Waals surface area contributed by atoms with Gasteiger partial charge in [-0.2, -0.15) is 0 Å². The molecular weight excluding hydrogens is 442 g/mol. The topological polar surface area (TPSA) is 57.0 Å². The van der Waals surface area contributed by atoms with Crippen molar-refractivity contribution in [2.45, 2.75) is 19.3 Å². The third-order valence-corrected chi connectivity index (χ3v) is 7.35. The summed E-state index contributed by atoms with van der Waals surface area (Å²) in [6, 6.07) is 15.3. The van der Waals surface area contributed by atoms with Gasteiger partial charge in [-0.3, -0.25) is 9.36 Å². The van der Waals surface area contributed by atoms with Crippen molar-refractivity contribution in [1.29, 1.82) is 0 Å². The second-order valence-electron chi connectivity index (χ2n) is 7.85. The van der Waals surface area contributed by atoms with Crippen LogP contribution >= 0.6 is 22.9 Å². The van der Waals surface area contributed by atoms with Gasteiger partial charge in [0.25, 0.3) is 5.56 Å². The Labute approximate surface area is 192 Å². The molecule has 1 aliphatic rings. The van der Waals surface area contributed by atoms with Crippen LogP contribution in [-0.4, -0.2) is 21.6 Å². The highest BCUT2D eigenvalue weighted by molar-refractivity contribution is 7.25. The summed E-state index contributed by atoms with van der Waals surface area (Å²) in [5.74, 6) is 0.815. The third kappa shape index (κ3) is 2.94. The molecule has 0 saturated heterocycles. The van der Waals surface area contributed by atoms with E-state index in [1.165, 1.54) is 16.9 Å². The van der Waals surface area contributed by atoms with Gasteiger partial charge in [0.15, 0.2) is 0 Å². The first kappa shape index (κ1) is 19.5. The van der Waals surface area contributed by atoms with Crippen LogP contribution in [0.1, 0.15) is 17.7 Å². The number of aromatic nitrogens is 3. The molecule has 0 spiro atoms. The molecule has 0 radical (unpaired) electrons. The molecule has 6 rings (SSSR count). The lowest BCUT2D eigenvalue weighted by Gasteiger charge is -2.11. The van der Waals surface area contributed by atoms with E-state index in [9.17, 15) is 4.79 Å². The number of nitrogens with zero attached hydrogens (tertiary/aromatic N) is 3. The highest BCUT2D eigenvalue weighted by Gasteiger charge is 2.25. The van der Waals surface area contributed by atoms with E-state index in [1.54, 1.807) is 30.1 Å². The molecule has 3 heterocycles. The molecule has 0 unspecified atom stereocenters. The Hall–Kier alpha value is -3.22. The Morgan fingerprint density at radius 3 is 2.59 bits per heavy atom. The summed E-state index contributed by atoms with van der Waals surface area (Å²) in [5, 5.41) is 1.59. The van der Waals surface area contributed by atoms with E-state index in [0.717, 1.165) is 57.7 Å². The van der Waals surface area contributed by atoms with Gasteiger partial charge in [-0.05, 0) is 72.4 Å². The fraction of sp³-hybridized carbons (Fsp3) is 0.160. The van der Waals surface area contributed by atoms with Crippen LogP contribution in [0.15, 0.2) is 59.7 Å². The van der Waals surface area contributed by atoms with E-state index in [2.05, 4.69) is 12.1 Å². The van der Waals surface area contributed by atoms with Crippen molar-refractivity contribution in [2.24, 2.45) is 0 Å². The van der Waals surface area contributed by atoms with Crippen molar-refractivity contribution in [1.82, 2.24) is 14.5 Å². The van der Waals surface area contributed by atoms with Gasteiger partial charge in [-0.1, -0.05) is 23.7 Å². The Balaban J connectivity index is 1.65. The Morgan fingerprint density at radius 2 is 1.84 bits per heavy atom. The third-order valence-electron chi connectivity index (χ3n) is 6.04. The van der Waals surface area contributed by atoms with Crippen LogP contribution in [0.4, 0.5) is 0 Å². The van der Waals surface area contributed by atoms with E-state index < -0.39 is 0 Å². The maximum Gasteiger partial charge on any atom is 0.275 e. The number of fused-ring (bicyclic) bond motifs is 4. The Kier molecular flexibility index (Phi) is 4.52. The van der Waals surface area contributed by atoms with Crippen molar-refractivity contribution in [3.05, 3.63) is 81.5 Å². The number of thiophene rings is 1. The van der Waals surface area contributed by atoms with Gasteiger partial charge in [0.1, 0.15) is 21.6 Å². The second kappa shape index (κ2) is 7.43. The van der Waals surface area contributed by atoms with Crippen molar-refractivity contribution in [3.8, 4) is 22.6 Å². The zero-order chi connectivity index (χ0) is 21.8. The number of halogens is 1. The predicted molar refractivity (Wildman–Crippen MR) is 130 cm³/mol. The maximum absolute atomic E-state index is 13.4. The summed E-state index contributed by atoms with van der Waals surface area (Å²) in [7, 11) is 1.67. The lowest BCUT2D eigenvalue weighted by Crippen LogP contribution is -2.17. The molecule has 0 aliphatic heterocycles. The summed E-state index contributed by atoms with van der Waals surface area (Å²) in [5.41, 5.74) is 6.00. The van der Waals surface area contributed by atoms with Crippen LogP contribution in [0.2, 0.25) is 5.02 Å².